The van der Waals surface area contributed by atoms with Gasteiger partial charge in [-0.2, -0.15) is 0 Å². The molecule has 0 aliphatic heterocycles. The zero-order valence-electron chi connectivity index (χ0n) is 13.9. The van der Waals surface area contributed by atoms with E-state index in [1.807, 2.05) is 0 Å². The van der Waals surface area contributed by atoms with Crippen molar-refractivity contribution in [1.82, 2.24) is 5.32 Å². The minimum Gasteiger partial charge on any atom is -0.309 e. The van der Waals surface area contributed by atoms with E-state index in [0.717, 1.165) is 5.92 Å². The van der Waals surface area contributed by atoms with Gasteiger partial charge in [-0.25, -0.2) is 0 Å². The van der Waals surface area contributed by atoms with Crippen molar-refractivity contribution < 1.29 is 0 Å². The number of nitrogens with one attached hydrogen (secondary N) is 1. The molecule has 0 spiro atoms. The van der Waals surface area contributed by atoms with Gasteiger partial charge in [0.1, 0.15) is 0 Å². The molecular formula is C19H31N. The average Bonchev–Trinajstić information content (AvgIpc) is 3.15. The molecule has 1 fully saturated rings. The fourth-order valence-electron chi connectivity index (χ4n) is 3.05. The molecular weight excluding hydrogens is 242 g/mol. The van der Waals surface area contributed by atoms with Crippen molar-refractivity contribution in [3.63, 3.8) is 0 Å². The van der Waals surface area contributed by atoms with Crippen molar-refractivity contribution >= 4 is 0 Å². The molecule has 1 heteroatoms. The minimum atomic E-state index is 0.349. The van der Waals surface area contributed by atoms with Gasteiger partial charge in [-0.05, 0) is 41.6 Å². The summed E-state index contributed by atoms with van der Waals surface area (Å²) in [4.78, 5) is 0. The summed E-state index contributed by atoms with van der Waals surface area (Å²) in [5.74, 6) is 0.793. The van der Waals surface area contributed by atoms with Crippen LogP contribution in [0.15, 0.2) is 30.3 Å². The molecule has 2 rings (SSSR count). The molecule has 0 saturated heterocycles. The Balaban J connectivity index is 2.04. The topological polar surface area (TPSA) is 12.0 Å². The molecule has 1 unspecified atom stereocenters. The Morgan fingerprint density at radius 2 is 1.70 bits per heavy atom. The lowest BCUT2D eigenvalue weighted by Gasteiger charge is -2.30. The van der Waals surface area contributed by atoms with Gasteiger partial charge in [-0.3, -0.25) is 0 Å². The number of hydrogen-bond donors (Lipinski definition) is 1. The van der Waals surface area contributed by atoms with Gasteiger partial charge in [-0.15, -0.1) is 0 Å². The molecule has 1 nitrogen and oxygen atoms in total. The Hall–Kier alpha value is -0.820. The number of hydrogen-bond acceptors (Lipinski definition) is 1. The number of benzene rings is 1. The van der Waals surface area contributed by atoms with Crippen molar-refractivity contribution in [3.05, 3.63) is 35.9 Å². The molecule has 0 heterocycles. The maximum atomic E-state index is 3.88. The molecule has 1 aromatic rings. The lowest BCUT2D eigenvalue weighted by atomic mass is 9.84. The fourth-order valence-corrected chi connectivity index (χ4v) is 3.05. The van der Waals surface area contributed by atoms with Crippen molar-refractivity contribution in [2.45, 2.75) is 59.9 Å². The molecule has 1 aromatic carbocycles. The highest BCUT2D eigenvalue weighted by Crippen LogP contribution is 2.51. The van der Waals surface area contributed by atoms with Crippen molar-refractivity contribution in [1.29, 1.82) is 0 Å². The van der Waals surface area contributed by atoms with Gasteiger partial charge in [0.15, 0.2) is 0 Å². The van der Waals surface area contributed by atoms with E-state index < -0.39 is 0 Å². The predicted molar refractivity (Wildman–Crippen MR) is 87.8 cm³/mol. The van der Waals surface area contributed by atoms with Gasteiger partial charge >= 0.3 is 0 Å². The van der Waals surface area contributed by atoms with Gasteiger partial charge in [0, 0.05) is 12.6 Å². The molecule has 1 aliphatic rings. The third-order valence-corrected chi connectivity index (χ3v) is 4.84. The predicted octanol–water partition coefficient (Wildman–Crippen LogP) is 5.19. The van der Waals surface area contributed by atoms with Crippen molar-refractivity contribution in [2.24, 2.45) is 16.7 Å². The Kier molecular flexibility index (Phi) is 4.59. The largest absolute Gasteiger partial charge is 0.309 e. The monoisotopic (exact) mass is 273 g/mol. The second-order valence-corrected chi connectivity index (χ2v) is 8.13. The summed E-state index contributed by atoms with van der Waals surface area (Å²) in [5.41, 5.74) is 2.36. The second kappa shape index (κ2) is 5.89. The summed E-state index contributed by atoms with van der Waals surface area (Å²) in [6, 6.07) is 11.4. The summed E-state index contributed by atoms with van der Waals surface area (Å²) >= 11 is 0. The van der Waals surface area contributed by atoms with E-state index in [2.05, 4.69) is 70.3 Å². The van der Waals surface area contributed by atoms with E-state index in [4.69, 9.17) is 0 Å². The molecule has 0 amide bonds. The molecule has 1 aliphatic carbocycles. The van der Waals surface area contributed by atoms with E-state index >= 15 is 0 Å². The van der Waals surface area contributed by atoms with Crippen LogP contribution in [0.3, 0.4) is 0 Å². The lowest BCUT2D eigenvalue weighted by Crippen LogP contribution is -2.33. The Labute approximate surface area is 125 Å². The highest BCUT2D eigenvalue weighted by Gasteiger charge is 2.45. The molecule has 112 valence electrons. The highest BCUT2D eigenvalue weighted by atomic mass is 14.9. The lowest BCUT2D eigenvalue weighted by molar-refractivity contribution is 0.272. The zero-order valence-corrected chi connectivity index (χ0v) is 13.9. The first-order valence-electron chi connectivity index (χ1n) is 8.11. The molecule has 0 bridgehead atoms. The molecule has 0 radical (unpaired) electrons. The van der Waals surface area contributed by atoms with E-state index in [1.165, 1.54) is 31.4 Å². The summed E-state index contributed by atoms with van der Waals surface area (Å²) in [5, 5.41) is 3.88. The van der Waals surface area contributed by atoms with Gasteiger partial charge in [0.25, 0.3) is 0 Å². The first kappa shape index (κ1) is 15.6. The third-order valence-electron chi connectivity index (χ3n) is 4.84. The normalized spacial score (nSPS) is 19.1. The van der Waals surface area contributed by atoms with Crippen LogP contribution in [0.5, 0.6) is 0 Å². The molecule has 20 heavy (non-hydrogen) atoms. The van der Waals surface area contributed by atoms with Gasteiger partial charge < -0.3 is 5.32 Å². The smallest absolute Gasteiger partial charge is 0.0325 e. The third kappa shape index (κ3) is 4.09. The Morgan fingerprint density at radius 3 is 2.15 bits per heavy atom. The maximum Gasteiger partial charge on any atom is 0.0325 e. The SMILES string of the molecule is CC(C)C1(CNC(CC(C)(C)C)c2ccccc2)CC1. The Morgan fingerprint density at radius 1 is 1.10 bits per heavy atom. The quantitative estimate of drug-likeness (QED) is 0.752. The highest BCUT2D eigenvalue weighted by molar-refractivity contribution is 5.19. The van der Waals surface area contributed by atoms with E-state index in [0.29, 0.717) is 16.9 Å². The van der Waals surface area contributed by atoms with Gasteiger partial charge in [0.05, 0.1) is 0 Å². The number of rotatable bonds is 6. The summed E-state index contributed by atoms with van der Waals surface area (Å²) in [7, 11) is 0. The minimum absolute atomic E-state index is 0.349. The standard InChI is InChI=1S/C19H31N/c1-15(2)19(11-12-19)14-20-17(13-18(3,4)5)16-9-7-6-8-10-16/h6-10,15,17,20H,11-14H2,1-5H3. The maximum absolute atomic E-state index is 3.88. The first-order valence-corrected chi connectivity index (χ1v) is 8.11. The van der Waals surface area contributed by atoms with Crippen LogP contribution in [-0.2, 0) is 0 Å². The van der Waals surface area contributed by atoms with Crippen LogP contribution >= 0.6 is 0 Å². The van der Waals surface area contributed by atoms with E-state index in [-0.39, 0.29) is 0 Å². The average molecular weight is 273 g/mol. The summed E-state index contributed by atoms with van der Waals surface area (Å²) < 4.78 is 0. The van der Waals surface area contributed by atoms with Crippen LogP contribution in [0, 0.1) is 16.7 Å². The van der Waals surface area contributed by atoms with Crippen molar-refractivity contribution in [3.8, 4) is 0 Å². The van der Waals surface area contributed by atoms with Crippen LogP contribution in [0.2, 0.25) is 0 Å². The molecule has 1 N–H and O–H groups in total. The summed E-state index contributed by atoms with van der Waals surface area (Å²) in [6.07, 6.45) is 3.98. The molecule has 1 atom stereocenters. The van der Waals surface area contributed by atoms with Crippen LogP contribution in [0.25, 0.3) is 0 Å². The van der Waals surface area contributed by atoms with Gasteiger partial charge in [0.2, 0.25) is 0 Å². The zero-order chi connectivity index (χ0) is 14.8. The van der Waals surface area contributed by atoms with Crippen LogP contribution < -0.4 is 5.32 Å². The first-order chi connectivity index (χ1) is 9.32. The Bertz CT molecular complexity index is 409. The second-order valence-electron chi connectivity index (χ2n) is 8.13. The van der Waals surface area contributed by atoms with Crippen LogP contribution in [-0.4, -0.2) is 6.54 Å². The van der Waals surface area contributed by atoms with Crippen LogP contribution in [0.4, 0.5) is 0 Å². The molecule has 1 saturated carbocycles. The van der Waals surface area contributed by atoms with Crippen molar-refractivity contribution in [2.75, 3.05) is 6.54 Å². The molecule has 0 aromatic heterocycles. The summed E-state index contributed by atoms with van der Waals surface area (Å²) in [6.45, 7) is 12.9. The fraction of sp³-hybridized carbons (Fsp3) is 0.684. The van der Waals surface area contributed by atoms with E-state index in [9.17, 15) is 0 Å². The van der Waals surface area contributed by atoms with Gasteiger partial charge in [-0.1, -0.05) is 65.0 Å². The van der Waals surface area contributed by atoms with E-state index in [1.54, 1.807) is 0 Å². The van der Waals surface area contributed by atoms with Crippen LogP contribution in [0.1, 0.15) is 65.5 Å².